The zero-order chi connectivity index (χ0) is 13.7. The van der Waals surface area contributed by atoms with Crippen LogP contribution in [0.5, 0.6) is 0 Å². The molecule has 0 bridgehead atoms. The van der Waals surface area contributed by atoms with Crippen molar-refractivity contribution in [2.24, 2.45) is 5.73 Å². The maximum atomic E-state index is 11.8. The number of aromatic nitrogens is 3. The first kappa shape index (κ1) is 13.2. The third-order valence-corrected chi connectivity index (χ3v) is 2.70. The molecule has 0 aromatic carbocycles. The normalized spacial score (nSPS) is 10.1. The molecular weight excluding hydrogens is 262 g/mol. The smallest absolute Gasteiger partial charge is 0.269 e. The second kappa shape index (κ2) is 6.05. The van der Waals surface area contributed by atoms with E-state index in [2.05, 4.69) is 15.4 Å². The number of thiocarbonyl (C=S) groups is 1. The van der Waals surface area contributed by atoms with E-state index in [9.17, 15) is 4.79 Å². The van der Waals surface area contributed by atoms with Crippen molar-refractivity contribution in [1.29, 1.82) is 0 Å². The van der Waals surface area contributed by atoms with Gasteiger partial charge in [0, 0.05) is 30.7 Å². The van der Waals surface area contributed by atoms with Gasteiger partial charge in [-0.1, -0.05) is 12.2 Å². The first-order chi connectivity index (χ1) is 9.16. The minimum Gasteiger partial charge on any atom is -0.389 e. The summed E-state index contributed by atoms with van der Waals surface area (Å²) in [5.74, 6) is -0.235. The molecule has 0 aliphatic rings. The zero-order valence-corrected chi connectivity index (χ0v) is 10.9. The number of hydrogen-bond acceptors (Lipinski definition) is 4. The molecule has 0 aliphatic carbocycles. The van der Waals surface area contributed by atoms with Crippen LogP contribution in [-0.2, 0) is 6.54 Å². The standard InChI is InChI=1S/C12H13N5OS/c13-11(19)9-2-3-10(15-8-9)12(18)14-5-7-17-6-1-4-16-17/h1-4,6,8H,5,7H2,(H2,13,19)(H,14,18). The summed E-state index contributed by atoms with van der Waals surface area (Å²) in [6.07, 6.45) is 5.02. The van der Waals surface area contributed by atoms with Gasteiger partial charge in [-0.05, 0) is 18.2 Å². The lowest BCUT2D eigenvalue weighted by molar-refractivity contribution is 0.0947. The lowest BCUT2D eigenvalue weighted by atomic mass is 10.2. The molecule has 0 fully saturated rings. The fourth-order valence-corrected chi connectivity index (χ4v) is 1.60. The maximum Gasteiger partial charge on any atom is 0.269 e. The minimum absolute atomic E-state index is 0.235. The highest BCUT2D eigenvalue weighted by molar-refractivity contribution is 7.80. The van der Waals surface area contributed by atoms with E-state index in [1.807, 2.05) is 12.3 Å². The SMILES string of the molecule is NC(=S)c1ccc(C(=O)NCCn2cccn2)nc1. The van der Waals surface area contributed by atoms with Crippen molar-refractivity contribution < 1.29 is 4.79 Å². The number of amides is 1. The summed E-state index contributed by atoms with van der Waals surface area (Å²) in [5, 5.41) is 6.80. The van der Waals surface area contributed by atoms with Gasteiger partial charge in [0.25, 0.3) is 5.91 Å². The van der Waals surface area contributed by atoms with E-state index in [0.717, 1.165) is 0 Å². The quantitative estimate of drug-likeness (QED) is 0.769. The van der Waals surface area contributed by atoms with E-state index in [0.29, 0.717) is 24.3 Å². The van der Waals surface area contributed by atoms with E-state index in [4.69, 9.17) is 18.0 Å². The van der Waals surface area contributed by atoms with Gasteiger partial charge >= 0.3 is 0 Å². The molecular formula is C12H13N5OS. The van der Waals surface area contributed by atoms with Crippen LogP contribution in [0.2, 0.25) is 0 Å². The molecule has 0 unspecified atom stereocenters. The number of nitrogens with two attached hydrogens (primary N) is 1. The van der Waals surface area contributed by atoms with Crippen LogP contribution in [0.25, 0.3) is 0 Å². The second-order valence-corrected chi connectivity index (χ2v) is 4.26. The van der Waals surface area contributed by atoms with Crippen molar-refractivity contribution in [2.45, 2.75) is 6.54 Å². The second-order valence-electron chi connectivity index (χ2n) is 3.82. The summed E-state index contributed by atoms with van der Waals surface area (Å²) in [4.78, 5) is 16.1. The van der Waals surface area contributed by atoms with Crippen LogP contribution in [0.3, 0.4) is 0 Å². The van der Waals surface area contributed by atoms with Gasteiger partial charge in [0.1, 0.15) is 10.7 Å². The van der Waals surface area contributed by atoms with Crippen LogP contribution in [0, 0.1) is 0 Å². The van der Waals surface area contributed by atoms with Crippen molar-refractivity contribution in [3.05, 3.63) is 48.0 Å². The molecule has 2 aromatic heterocycles. The Morgan fingerprint density at radius 3 is 2.89 bits per heavy atom. The highest BCUT2D eigenvalue weighted by Gasteiger charge is 2.07. The van der Waals surface area contributed by atoms with Crippen LogP contribution in [0.1, 0.15) is 16.1 Å². The maximum absolute atomic E-state index is 11.8. The minimum atomic E-state index is -0.235. The number of carbonyl (C=O) groups is 1. The van der Waals surface area contributed by atoms with Crippen LogP contribution >= 0.6 is 12.2 Å². The number of carbonyl (C=O) groups excluding carboxylic acids is 1. The summed E-state index contributed by atoms with van der Waals surface area (Å²) in [6.45, 7) is 1.10. The molecule has 2 heterocycles. The van der Waals surface area contributed by atoms with Gasteiger partial charge < -0.3 is 11.1 Å². The van der Waals surface area contributed by atoms with Crippen LogP contribution in [-0.4, -0.2) is 32.2 Å². The van der Waals surface area contributed by atoms with Crippen LogP contribution in [0.4, 0.5) is 0 Å². The van der Waals surface area contributed by atoms with E-state index < -0.39 is 0 Å². The molecule has 0 saturated heterocycles. The molecule has 1 amide bonds. The number of rotatable bonds is 5. The van der Waals surface area contributed by atoms with Crippen molar-refractivity contribution in [3.63, 3.8) is 0 Å². The Morgan fingerprint density at radius 1 is 1.47 bits per heavy atom. The van der Waals surface area contributed by atoms with E-state index in [1.54, 1.807) is 23.0 Å². The summed E-state index contributed by atoms with van der Waals surface area (Å²) >= 11 is 4.81. The molecule has 3 N–H and O–H groups in total. The Morgan fingerprint density at radius 2 is 2.32 bits per heavy atom. The monoisotopic (exact) mass is 275 g/mol. The van der Waals surface area contributed by atoms with Gasteiger partial charge in [-0.2, -0.15) is 5.10 Å². The van der Waals surface area contributed by atoms with Crippen molar-refractivity contribution in [3.8, 4) is 0 Å². The molecule has 19 heavy (non-hydrogen) atoms. The van der Waals surface area contributed by atoms with E-state index in [-0.39, 0.29) is 10.9 Å². The third kappa shape index (κ3) is 3.59. The van der Waals surface area contributed by atoms with Crippen LogP contribution < -0.4 is 11.1 Å². The fraction of sp³-hybridized carbons (Fsp3) is 0.167. The molecule has 0 radical (unpaired) electrons. The first-order valence-electron chi connectivity index (χ1n) is 5.68. The average molecular weight is 275 g/mol. The topological polar surface area (TPSA) is 85.8 Å². The largest absolute Gasteiger partial charge is 0.389 e. The molecule has 7 heteroatoms. The number of nitrogens with one attached hydrogen (secondary N) is 1. The zero-order valence-electron chi connectivity index (χ0n) is 10.1. The predicted molar refractivity (Wildman–Crippen MR) is 74.7 cm³/mol. The van der Waals surface area contributed by atoms with Gasteiger partial charge in [-0.3, -0.25) is 14.5 Å². The molecule has 2 aromatic rings. The van der Waals surface area contributed by atoms with Gasteiger partial charge in [0.2, 0.25) is 0 Å². The van der Waals surface area contributed by atoms with Gasteiger partial charge in [-0.25, -0.2) is 0 Å². The molecule has 0 spiro atoms. The predicted octanol–water partition coefficient (Wildman–Crippen LogP) is 0.342. The highest BCUT2D eigenvalue weighted by Crippen LogP contribution is 2.00. The molecule has 98 valence electrons. The lowest BCUT2D eigenvalue weighted by Gasteiger charge is -2.05. The van der Waals surface area contributed by atoms with Crippen LogP contribution in [0.15, 0.2) is 36.8 Å². The van der Waals surface area contributed by atoms with Crippen molar-refractivity contribution >= 4 is 23.1 Å². The lowest BCUT2D eigenvalue weighted by Crippen LogP contribution is -2.28. The number of hydrogen-bond donors (Lipinski definition) is 2. The van der Waals surface area contributed by atoms with Gasteiger partial charge in [-0.15, -0.1) is 0 Å². The molecule has 0 atom stereocenters. The van der Waals surface area contributed by atoms with E-state index >= 15 is 0 Å². The third-order valence-electron chi connectivity index (χ3n) is 2.47. The van der Waals surface area contributed by atoms with Gasteiger partial charge in [0.05, 0.1) is 6.54 Å². The number of pyridine rings is 1. The van der Waals surface area contributed by atoms with Crippen molar-refractivity contribution in [2.75, 3.05) is 6.54 Å². The summed E-state index contributed by atoms with van der Waals surface area (Å²) in [5.41, 5.74) is 6.43. The summed E-state index contributed by atoms with van der Waals surface area (Å²) in [6, 6.07) is 5.10. The average Bonchev–Trinajstić information content (AvgIpc) is 2.92. The Kier molecular flexibility index (Phi) is 4.19. The Bertz CT molecular complexity index is 564. The Balaban J connectivity index is 1.87. The number of nitrogens with zero attached hydrogens (tertiary/aromatic N) is 3. The molecule has 0 aliphatic heterocycles. The Labute approximate surface area is 115 Å². The van der Waals surface area contributed by atoms with Gasteiger partial charge in [0.15, 0.2) is 0 Å². The summed E-state index contributed by atoms with van der Waals surface area (Å²) in [7, 11) is 0. The summed E-state index contributed by atoms with van der Waals surface area (Å²) < 4.78 is 1.74. The molecule has 2 rings (SSSR count). The van der Waals surface area contributed by atoms with Crippen molar-refractivity contribution in [1.82, 2.24) is 20.1 Å². The Hall–Kier alpha value is -2.28. The first-order valence-corrected chi connectivity index (χ1v) is 6.09. The highest BCUT2D eigenvalue weighted by atomic mass is 32.1. The molecule has 0 saturated carbocycles. The fourth-order valence-electron chi connectivity index (χ4n) is 1.48. The molecule has 6 nitrogen and oxygen atoms in total. The van der Waals surface area contributed by atoms with E-state index in [1.165, 1.54) is 6.20 Å².